The van der Waals surface area contributed by atoms with Crippen LogP contribution in [0.15, 0.2) is 41.3 Å². The van der Waals surface area contributed by atoms with Gasteiger partial charge in [-0.1, -0.05) is 25.4 Å². The maximum Gasteiger partial charge on any atom is 0.255 e. The maximum absolute atomic E-state index is 12.9. The number of benzene rings is 2. The number of rotatable bonds is 8. The molecule has 8 nitrogen and oxygen atoms in total. The van der Waals surface area contributed by atoms with E-state index in [1.807, 2.05) is 0 Å². The number of nitrogens with one attached hydrogen (secondary N) is 2. The van der Waals surface area contributed by atoms with Gasteiger partial charge in [0.1, 0.15) is 10.6 Å². The van der Waals surface area contributed by atoms with Crippen LogP contribution in [0.5, 0.6) is 5.75 Å². The van der Waals surface area contributed by atoms with Gasteiger partial charge in [-0.3, -0.25) is 9.59 Å². The van der Waals surface area contributed by atoms with Crippen molar-refractivity contribution in [3.8, 4) is 5.75 Å². The van der Waals surface area contributed by atoms with E-state index in [-0.39, 0.29) is 40.2 Å². The van der Waals surface area contributed by atoms with Crippen LogP contribution >= 0.6 is 11.6 Å². The van der Waals surface area contributed by atoms with Crippen LogP contribution in [-0.4, -0.2) is 44.7 Å². The summed E-state index contributed by atoms with van der Waals surface area (Å²) in [6.45, 7) is 5.41. The normalized spacial score (nSPS) is 11.3. The monoisotopic (exact) mass is 453 g/mol. The zero-order valence-corrected chi connectivity index (χ0v) is 18.7. The second-order valence-corrected chi connectivity index (χ2v) is 8.60. The lowest BCUT2D eigenvalue weighted by molar-refractivity contribution is -0.114. The van der Waals surface area contributed by atoms with Crippen molar-refractivity contribution in [1.29, 1.82) is 0 Å². The third-order valence-electron chi connectivity index (χ3n) is 4.29. The molecule has 0 unspecified atom stereocenters. The molecular formula is C20H24ClN3O5S. The summed E-state index contributed by atoms with van der Waals surface area (Å²) in [5.41, 5.74) is 0.936. The average molecular weight is 454 g/mol. The molecule has 0 radical (unpaired) electrons. The Kier molecular flexibility index (Phi) is 7.83. The van der Waals surface area contributed by atoms with Crippen molar-refractivity contribution in [2.45, 2.75) is 25.7 Å². The first-order valence-electron chi connectivity index (χ1n) is 9.20. The number of anilines is 2. The number of sulfonamides is 1. The van der Waals surface area contributed by atoms with E-state index in [0.29, 0.717) is 11.4 Å². The number of nitrogens with zero attached hydrogens (tertiary/aromatic N) is 1. The Morgan fingerprint density at radius 1 is 1.07 bits per heavy atom. The van der Waals surface area contributed by atoms with E-state index < -0.39 is 15.9 Å². The fraction of sp³-hybridized carbons (Fsp3) is 0.300. The average Bonchev–Trinajstić information content (AvgIpc) is 2.69. The maximum atomic E-state index is 12.9. The zero-order chi connectivity index (χ0) is 22.5. The van der Waals surface area contributed by atoms with Gasteiger partial charge in [0.15, 0.2) is 0 Å². The van der Waals surface area contributed by atoms with Crippen LogP contribution in [-0.2, 0) is 14.8 Å². The van der Waals surface area contributed by atoms with E-state index in [0.717, 1.165) is 0 Å². The molecule has 0 heterocycles. The van der Waals surface area contributed by atoms with Crippen LogP contribution in [0.4, 0.5) is 11.4 Å². The van der Waals surface area contributed by atoms with Crippen molar-refractivity contribution < 1.29 is 22.7 Å². The first-order chi connectivity index (χ1) is 14.1. The van der Waals surface area contributed by atoms with E-state index in [1.54, 1.807) is 26.0 Å². The predicted octanol–water partition coefficient (Wildman–Crippen LogP) is 3.59. The number of ether oxygens (including phenoxy) is 1. The highest BCUT2D eigenvalue weighted by Gasteiger charge is 2.27. The fourth-order valence-electron chi connectivity index (χ4n) is 2.81. The van der Waals surface area contributed by atoms with Crippen molar-refractivity contribution in [2.75, 3.05) is 30.8 Å². The van der Waals surface area contributed by atoms with E-state index in [2.05, 4.69) is 10.6 Å². The summed E-state index contributed by atoms with van der Waals surface area (Å²) in [5, 5.41) is 5.46. The van der Waals surface area contributed by atoms with E-state index in [4.69, 9.17) is 16.3 Å². The van der Waals surface area contributed by atoms with Crippen molar-refractivity contribution in [3.63, 3.8) is 0 Å². The van der Waals surface area contributed by atoms with E-state index >= 15 is 0 Å². The first-order valence-corrected chi connectivity index (χ1v) is 11.0. The number of methoxy groups -OCH3 is 1. The van der Waals surface area contributed by atoms with Gasteiger partial charge >= 0.3 is 0 Å². The molecule has 0 fully saturated rings. The summed E-state index contributed by atoms with van der Waals surface area (Å²) in [4.78, 5) is 23.8. The molecule has 2 rings (SSSR count). The third kappa shape index (κ3) is 5.29. The minimum Gasteiger partial charge on any atom is -0.495 e. The molecule has 0 bridgehead atoms. The Balaban J connectivity index is 2.36. The highest BCUT2D eigenvalue weighted by atomic mass is 35.5. The third-order valence-corrected chi connectivity index (χ3v) is 6.67. The lowest BCUT2D eigenvalue weighted by atomic mass is 10.2. The van der Waals surface area contributed by atoms with Gasteiger partial charge in [-0.05, 0) is 36.4 Å². The molecule has 2 amide bonds. The molecule has 0 saturated heterocycles. The number of carbonyl (C=O) groups is 2. The lowest BCUT2D eigenvalue weighted by Crippen LogP contribution is -2.31. The number of hydrogen-bond acceptors (Lipinski definition) is 5. The predicted molar refractivity (Wildman–Crippen MR) is 117 cm³/mol. The smallest absolute Gasteiger partial charge is 0.255 e. The molecule has 30 heavy (non-hydrogen) atoms. The Morgan fingerprint density at radius 2 is 1.73 bits per heavy atom. The van der Waals surface area contributed by atoms with Crippen LogP contribution < -0.4 is 15.4 Å². The summed E-state index contributed by atoms with van der Waals surface area (Å²) < 4.78 is 32.4. The molecule has 162 valence electrons. The minimum absolute atomic E-state index is 0.0894. The molecule has 10 heteroatoms. The summed E-state index contributed by atoms with van der Waals surface area (Å²) in [6.07, 6.45) is 0. The highest BCUT2D eigenvalue weighted by molar-refractivity contribution is 7.89. The molecule has 0 aliphatic rings. The molecule has 2 aromatic rings. The largest absolute Gasteiger partial charge is 0.495 e. The molecule has 0 aliphatic carbocycles. The Labute approximate surface area is 181 Å². The SMILES string of the molecule is CCN(CC)S(=O)(=O)c1cc(C(=O)Nc2ccc(NC(C)=O)cc2Cl)ccc1OC. The number of amides is 2. The van der Waals surface area contributed by atoms with Crippen LogP contribution in [0.1, 0.15) is 31.1 Å². The van der Waals surface area contributed by atoms with Gasteiger partial charge in [-0.25, -0.2) is 8.42 Å². The molecule has 2 N–H and O–H groups in total. The molecular weight excluding hydrogens is 430 g/mol. The van der Waals surface area contributed by atoms with Gasteiger partial charge in [0, 0.05) is 31.3 Å². The Bertz CT molecular complexity index is 1050. The highest BCUT2D eigenvalue weighted by Crippen LogP contribution is 2.29. The van der Waals surface area contributed by atoms with Gasteiger partial charge in [-0.2, -0.15) is 4.31 Å². The quantitative estimate of drug-likeness (QED) is 0.635. The second-order valence-electron chi connectivity index (χ2n) is 6.28. The van der Waals surface area contributed by atoms with Crippen LogP contribution in [0.2, 0.25) is 5.02 Å². The molecule has 0 spiro atoms. The molecule has 0 aromatic heterocycles. The summed E-state index contributed by atoms with van der Waals surface area (Å²) in [6, 6.07) is 8.82. The number of hydrogen-bond donors (Lipinski definition) is 2. The first kappa shape index (κ1) is 23.7. The van der Waals surface area contributed by atoms with Gasteiger partial charge < -0.3 is 15.4 Å². The summed E-state index contributed by atoms with van der Waals surface area (Å²) in [7, 11) is -2.47. The fourth-order valence-corrected chi connectivity index (χ4v) is 4.68. The van der Waals surface area contributed by atoms with Gasteiger partial charge in [0.25, 0.3) is 5.91 Å². The topological polar surface area (TPSA) is 105 Å². The Hall–Kier alpha value is -2.62. The van der Waals surface area contributed by atoms with Crippen molar-refractivity contribution >= 4 is 44.8 Å². The molecule has 0 aliphatic heterocycles. The molecule has 0 atom stereocenters. The molecule has 2 aromatic carbocycles. The van der Waals surface area contributed by atoms with Crippen molar-refractivity contribution in [3.05, 3.63) is 47.0 Å². The summed E-state index contributed by atoms with van der Waals surface area (Å²) in [5.74, 6) is -0.637. The van der Waals surface area contributed by atoms with Gasteiger partial charge in [0.2, 0.25) is 15.9 Å². The second kappa shape index (κ2) is 9.92. The van der Waals surface area contributed by atoms with Gasteiger partial charge in [0.05, 0.1) is 17.8 Å². The molecule has 0 saturated carbocycles. The van der Waals surface area contributed by atoms with Crippen LogP contribution in [0, 0.1) is 0 Å². The zero-order valence-electron chi connectivity index (χ0n) is 17.2. The van der Waals surface area contributed by atoms with Crippen molar-refractivity contribution in [2.24, 2.45) is 0 Å². The van der Waals surface area contributed by atoms with E-state index in [9.17, 15) is 18.0 Å². The standard InChI is InChI=1S/C20H24ClN3O5S/c1-5-24(6-2)30(27,28)19-11-14(7-10-18(19)29-4)20(26)23-17-9-8-15(12-16(17)21)22-13(3)25/h7-12H,5-6H2,1-4H3,(H,22,25)(H,23,26). The minimum atomic E-state index is -3.84. The number of carbonyl (C=O) groups excluding carboxylic acids is 2. The van der Waals surface area contributed by atoms with Crippen molar-refractivity contribution in [1.82, 2.24) is 4.31 Å². The number of halogens is 1. The van der Waals surface area contributed by atoms with Crippen LogP contribution in [0.3, 0.4) is 0 Å². The lowest BCUT2D eigenvalue weighted by Gasteiger charge is -2.20. The Morgan fingerprint density at radius 3 is 2.27 bits per heavy atom. The van der Waals surface area contributed by atoms with E-state index in [1.165, 1.54) is 42.6 Å². The van der Waals surface area contributed by atoms with Crippen LogP contribution in [0.25, 0.3) is 0 Å². The summed E-state index contributed by atoms with van der Waals surface area (Å²) >= 11 is 6.19. The van der Waals surface area contributed by atoms with Gasteiger partial charge in [-0.15, -0.1) is 0 Å².